The lowest BCUT2D eigenvalue weighted by atomic mass is 10.1. The molecule has 6 heteroatoms. The topological polar surface area (TPSA) is 50.4 Å². The zero-order chi connectivity index (χ0) is 19.4. The summed E-state index contributed by atoms with van der Waals surface area (Å²) >= 11 is 0. The van der Waals surface area contributed by atoms with Gasteiger partial charge in [0.2, 0.25) is 0 Å². The molecular weight excluding hydrogens is 350 g/mol. The van der Waals surface area contributed by atoms with Gasteiger partial charge < -0.3 is 15.4 Å². The third-order valence-corrected chi connectivity index (χ3v) is 4.36. The molecule has 0 heterocycles. The number of carbonyl (C=O) groups is 1. The van der Waals surface area contributed by atoms with Crippen LogP contribution in [-0.2, 0) is 6.54 Å². The Bertz CT molecular complexity index is 976. The van der Waals surface area contributed by atoms with Gasteiger partial charge in [0, 0.05) is 6.54 Å². The molecular formula is C21H20F2N2O2. The first-order valence-electron chi connectivity index (χ1n) is 8.52. The van der Waals surface area contributed by atoms with Crippen LogP contribution in [0.4, 0.5) is 13.6 Å². The van der Waals surface area contributed by atoms with Crippen molar-refractivity contribution >= 4 is 16.8 Å². The van der Waals surface area contributed by atoms with Crippen molar-refractivity contribution in [2.75, 3.05) is 7.11 Å². The molecule has 0 saturated carbocycles. The number of urea groups is 1. The van der Waals surface area contributed by atoms with E-state index in [1.807, 2.05) is 36.4 Å². The highest BCUT2D eigenvalue weighted by Crippen LogP contribution is 2.22. The number of hydrogen-bond acceptors (Lipinski definition) is 2. The average Bonchev–Trinajstić information content (AvgIpc) is 2.67. The molecule has 0 bridgehead atoms. The second-order valence-electron chi connectivity index (χ2n) is 6.27. The summed E-state index contributed by atoms with van der Waals surface area (Å²) in [5.74, 6) is -1.06. The second-order valence-corrected chi connectivity index (χ2v) is 6.27. The van der Waals surface area contributed by atoms with Gasteiger partial charge in [-0.1, -0.05) is 24.3 Å². The van der Waals surface area contributed by atoms with Crippen LogP contribution in [0, 0.1) is 11.6 Å². The Kier molecular flexibility index (Phi) is 5.54. The number of carbonyl (C=O) groups excluding carboxylic acids is 1. The highest BCUT2D eigenvalue weighted by molar-refractivity contribution is 5.84. The summed E-state index contributed by atoms with van der Waals surface area (Å²) in [6, 6.07) is 14.4. The van der Waals surface area contributed by atoms with Crippen LogP contribution in [0.1, 0.15) is 24.1 Å². The van der Waals surface area contributed by atoms with Gasteiger partial charge in [0.05, 0.1) is 13.2 Å². The molecule has 3 aromatic rings. The van der Waals surface area contributed by atoms with Gasteiger partial charge in [0.25, 0.3) is 0 Å². The van der Waals surface area contributed by atoms with E-state index < -0.39 is 17.7 Å². The van der Waals surface area contributed by atoms with Crippen LogP contribution in [0.3, 0.4) is 0 Å². The number of fused-ring (bicyclic) bond motifs is 1. The zero-order valence-corrected chi connectivity index (χ0v) is 15.1. The molecule has 0 aliphatic heterocycles. The van der Waals surface area contributed by atoms with Crippen LogP contribution in [0.5, 0.6) is 5.75 Å². The van der Waals surface area contributed by atoms with Gasteiger partial charge in [-0.2, -0.15) is 0 Å². The van der Waals surface area contributed by atoms with Gasteiger partial charge in [-0.3, -0.25) is 0 Å². The van der Waals surface area contributed by atoms with Crippen molar-refractivity contribution in [3.05, 3.63) is 77.4 Å². The van der Waals surface area contributed by atoms with Crippen molar-refractivity contribution in [2.45, 2.75) is 19.5 Å². The van der Waals surface area contributed by atoms with E-state index in [9.17, 15) is 13.6 Å². The van der Waals surface area contributed by atoms with E-state index in [0.29, 0.717) is 12.1 Å². The molecule has 0 aromatic heterocycles. The average molecular weight is 370 g/mol. The van der Waals surface area contributed by atoms with Crippen LogP contribution < -0.4 is 15.4 Å². The van der Waals surface area contributed by atoms with Gasteiger partial charge in [0.1, 0.15) is 5.75 Å². The molecule has 0 unspecified atom stereocenters. The number of nitrogens with one attached hydrogen (secondary N) is 2. The van der Waals surface area contributed by atoms with Gasteiger partial charge >= 0.3 is 6.03 Å². The fourth-order valence-corrected chi connectivity index (χ4v) is 2.81. The molecule has 0 aliphatic rings. The summed E-state index contributed by atoms with van der Waals surface area (Å²) in [7, 11) is 1.62. The van der Waals surface area contributed by atoms with Crippen molar-refractivity contribution in [1.29, 1.82) is 0 Å². The summed E-state index contributed by atoms with van der Waals surface area (Å²) in [5.41, 5.74) is 1.44. The third kappa shape index (κ3) is 4.53. The standard InChI is InChI=1S/C21H20F2N2O2/c1-13(15-6-8-19(22)20(23)11-15)25-21(26)24-12-14-3-4-17-10-18(27-2)7-5-16(17)9-14/h3-11,13H,12H2,1-2H3,(H2,24,25,26)/t13-/m0/s1. The summed E-state index contributed by atoms with van der Waals surface area (Å²) in [6.07, 6.45) is 0. The maximum Gasteiger partial charge on any atom is 0.315 e. The lowest BCUT2D eigenvalue weighted by Crippen LogP contribution is -2.36. The predicted octanol–water partition coefficient (Wildman–Crippen LogP) is 4.69. The molecule has 2 N–H and O–H groups in total. The summed E-state index contributed by atoms with van der Waals surface area (Å²) in [4.78, 5) is 12.1. The Balaban J connectivity index is 1.59. The number of methoxy groups -OCH3 is 1. The van der Waals surface area contributed by atoms with E-state index in [4.69, 9.17) is 4.74 Å². The normalized spacial score (nSPS) is 11.9. The van der Waals surface area contributed by atoms with Crippen LogP contribution in [0.15, 0.2) is 54.6 Å². The first kappa shape index (κ1) is 18.6. The van der Waals surface area contributed by atoms with E-state index in [-0.39, 0.29) is 6.03 Å². The van der Waals surface area contributed by atoms with Crippen LogP contribution >= 0.6 is 0 Å². The van der Waals surface area contributed by atoms with E-state index >= 15 is 0 Å². The molecule has 3 aromatic carbocycles. The third-order valence-electron chi connectivity index (χ3n) is 4.36. The Morgan fingerprint density at radius 2 is 1.74 bits per heavy atom. The molecule has 27 heavy (non-hydrogen) atoms. The minimum Gasteiger partial charge on any atom is -0.497 e. The Labute approximate surface area is 156 Å². The minimum atomic E-state index is -0.936. The first-order chi connectivity index (χ1) is 13.0. The monoisotopic (exact) mass is 370 g/mol. The van der Waals surface area contributed by atoms with Crippen LogP contribution in [-0.4, -0.2) is 13.1 Å². The number of rotatable bonds is 5. The molecule has 0 saturated heterocycles. The minimum absolute atomic E-state index is 0.346. The predicted molar refractivity (Wildman–Crippen MR) is 101 cm³/mol. The maximum absolute atomic E-state index is 13.3. The molecule has 1 atom stereocenters. The summed E-state index contributed by atoms with van der Waals surface area (Å²) < 4.78 is 31.5. The van der Waals surface area contributed by atoms with Crippen LogP contribution in [0.25, 0.3) is 10.8 Å². The lowest BCUT2D eigenvalue weighted by molar-refractivity contribution is 0.237. The zero-order valence-electron chi connectivity index (χ0n) is 15.1. The quantitative estimate of drug-likeness (QED) is 0.685. The van der Waals surface area contributed by atoms with E-state index in [2.05, 4.69) is 10.6 Å². The lowest BCUT2D eigenvalue weighted by Gasteiger charge is -2.15. The molecule has 3 rings (SSSR count). The smallest absolute Gasteiger partial charge is 0.315 e. The molecule has 0 fully saturated rings. The molecule has 0 aliphatic carbocycles. The van der Waals surface area contributed by atoms with Gasteiger partial charge in [-0.15, -0.1) is 0 Å². The Morgan fingerprint density at radius 1 is 1.00 bits per heavy atom. The molecule has 2 amide bonds. The largest absolute Gasteiger partial charge is 0.497 e. The second kappa shape index (κ2) is 8.03. The van der Waals surface area contributed by atoms with Crippen molar-refractivity contribution in [2.24, 2.45) is 0 Å². The highest BCUT2D eigenvalue weighted by Gasteiger charge is 2.12. The molecule has 4 nitrogen and oxygen atoms in total. The van der Waals surface area contributed by atoms with E-state index in [1.54, 1.807) is 14.0 Å². The van der Waals surface area contributed by atoms with E-state index in [1.165, 1.54) is 6.07 Å². The fraction of sp³-hybridized carbons (Fsp3) is 0.190. The first-order valence-corrected chi connectivity index (χ1v) is 8.52. The number of hydrogen-bond donors (Lipinski definition) is 2. The van der Waals surface area contributed by atoms with Crippen molar-refractivity contribution in [3.63, 3.8) is 0 Å². The number of amides is 2. The van der Waals surface area contributed by atoms with Crippen LogP contribution in [0.2, 0.25) is 0 Å². The molecule has 0 spiro atoms. The van der Waals surface area contributed by atoms with Gasteiger partial charge in [0.15, 0.2) is 11.6 Å². The van der Waals surface area contributed by atoms with Gasteiger partial charge in [-0.25, -0.2) is 13.6 Å². The van der Waals surface area contributed by atoms with E-state index in [0.717, 1.165) is 34.2 Å². The van der Waals surface area contributed by atoms with Crippen molar-refractivity contribution in [3.8, 4) is 5.75 Å². The number of benzene rings is 3. The summed E-state index contributed by atoms with van der Waals surface area (Å²) in [6.45, 7) is 2.05. The Morgan fingerprint density at radius 3 is 2.48 bits per heavy atom. The summed E-state index contributed by atoms with van der Waals surface area (Å²) in [5, 5.41) is 7.58. The molecule has 0 radical (unpaired) electrons. The number of ether oxygens (including phenoxy) is 1. The maximum atomic E-state index is 13.3. The van der Waals surface area contributed by atoms with Gasteiger partial charge in [-0.05, 0) is 59.2 Å². The fourth-order valence-electron chi connectivity index (χ4n) is 2.81. The molecule has 140 valence electrons. The SMILES string of the molecule is COc1ccc2cc(CNC(=O)N[C@@H](C)c3ccc(F)c(F)c3)ccc2c1. The van der Waals surface area contributed by atoms with Crippen molar-refractivity contribution in [1.82, 2.24) is 10.6 Å². The highest BCUT2D eigenvalue weighted by atomic mass is 19.2. The van der Waals surface area contributed by atoms with Crippen molar-refractivity contribution < 1.29 is 18.3 Å². The number of halogens is 2. The Hall–Kier alpha value is -3.15.